The summed E-state index contributed by atoms with van der Waals surface area (Å²) in [6, 6.07) is 7.05. The minimum atomic E-state index is 0.228. The number of piperidine rings is 1. The number of ether oxygens (including phenoxy) is 2. The van der Waals surface area contributed by atoms with Gasteiger partial charge in [0, 0.05) is 25.0 Å². The topological polar surface area (TPSA) is 47.7 Å². The van der Waals surface area contributed by atoms with Crippen LogP contribution in [0, 0.1) is 0 Å². The van der Waals surface area contributed by atoms with Gasteiger partial charge in [0.05, 0.1) is 13.2 Å². The van der Waals surface area contributed by atoms with Crippen molar-refractivity contribution < 1.29 is 9.47 Å². The van der Waals surface area contributed by atoms with Crippen molar-refractivity contribution in [2.24, 2.45) is 5.73 Å². The number of likely N-dealkylation sites (tertiary alicyclic amines) is 1. The minimum Gasteiger partial charge on any atom is -0.490 e. The van der Waals surface area contributed by atoms with E-state index in [0.717, 1.165) is 44.2 Å². The number of rotatable bonds is 3. The molecule has 0 aliphatic carbocycles. The third-order valence-corrected chi connectivity index (χ3v) is 4.47. The van der Waals surface area contributed by atoms with Crippen molar-refractivity contribution in [1.82, 2.24) is 4.90 Å². The van der Waals surface area contributed by atoms with Gasteiger partial charge in [0.1, 0.15) is 0 Å². The van der Waals surface area contributed by atoms with E-state index in [4.69, 9.17) is 15.2 Å². The SMILES string of the molecule is CC(N)C1CCCCN1Cc1ccc2c(c1)OCCCO2. The summed E-state index contributed by atoms with van der Waals surface area (Å²) in [5, 5.41) is 0. The van der Waals surface area contributed by atoms with Crippen LogP contribution in [0.5, 0.6) is 11.5 Å². The van der Waals surface area contributed by atoms with E-state index in [2.05, 4.69) is 24.0 Å². The second-order valence-corrected chi connectivity index (χ2v) is 6.22. The van der Waals surface area contributed by atoms with E-state index in [1.807, 2.05) is 6.07 Å². The van der Waals surface area contributed by atoms with Crippen LogP contribution >= 0.6 is 0 Å². The van der Waals surface area contributed by atoms with Crippen molar-refractivity contribution in [3.05, 3.63) is 23.8 Å². The van der Waals surface area contributed by atoms with Gasteiger partial charge >= 0.3 is 0 Å². The zero-order valence-electron chi connectivity index (χ0n) is 12.9. The van der Waals surface area contributed by atoms with Crippen molar-refractivity contribution in [1.29, 1.82) is 0 Å². The lowest BCUT2D eigenvalue weighted by Gasteiger charge is -2.38. The van der Waals surface area contributed by atoms with E-state index in [0.29, 0.717) is 6.04 Å². The number of hydrogen-bond acceptors (Lipinski definition) is 4. The van der Waals surface area contributed by atoms with E-state index in [-0.39, 0.29) is 6.04 Å². The molecule has 2 N–H and O–H groups in total. The van der Waals surface area contributed by atoms with Crippen molar-refractivity contribution in [3.8, 4) is 11.5 Å². The van der Waals surface area contributed by atoms with Crippen LogP contribution in [-0.2, 0) is 6.54 Å². The lowest BCUT2D eigenvalue weighted by atomic mass is 9.96. The van der Waals surface area contributed by atoms with Crippen molar-refractivity contribution >= 4 is 0 Å². The number of nitrogens with two attached hydrogens (primary N) is 1. The molecule has 4 heteroatoms. The van der Waals surface area contributed by atoms with Gasteiger partial charge in [-0.25, -0.2) is 0 Å². The minimum absolute atomic E-state index is 0.228. The second kappa shape index (κ2) is 6.67. The number of nitrogens with zero attached hydrogens (tertiary/aromatic N) is 1. The molecule has 2 aliphatic rings. The van der Waals surface area contributed by atoms with Gasteiger partial charge in [-0.2, -0.15) is 0 Å². The Labute approximate surface area is 127 Å². The molecule has 2 aliphatic heterocycles. The second-order valence-electron chi connectivity index (χ2n) is 6.22. The average Bonchev–Trinajstić information content (AvgIpc) is 2.72. The van der Waals surface area contributed by atoms with Crippen LogP contribution in [0.25, 0.3) is 0 Å². The molecule has 2 heterocycles. The molecule has 0 saturated carbocycles. The Morgan fingerprint density at radius 1 is 1.19 bits per heavy atom. The lowest BCUT2D eigenvalue weighted by Crippen LogP contribution is -2.48. The van der Waals surface area contributed by atoms with Gasteiger partial charge < -0.3 is 15.2 Å². The van der Waals surface area contributed by atoms with Crippen LogP contribution in [0.2, 0.25) is 0 Å². The highest BCUT2D eigenvalue weighted by atomic mass is 16.5. The fourth-order valence-electron chi connectivity index (χ4n) is 3.35. The van der Waals surface area contributed by atoms with Crippen LogP contribution < -0.4 is 15.2 Å². The molecule has 1 aromatic carbocycles. The van der Waals surface area contributed by atoms with Gasteiger partial charge in [-0.05, 0) is 44.0 Å². The summed E-state index contributed by atoms with van der Waals surface area (Å²) in [6.07, 6.45) is 4.72. The van der Waals surface area contributed by atoms with E-state index >= 15 is 0 Å². The van der Waals surface area contributed by atoms with Crippen LogP contribution in [0.15, 0.2) is 18.2 Å². The number of hydrogen-bond donors (Lipinski definition) is 1. The Balaban J connectivity index is 1.73. The normalized spacial score (nSPS) is 24.4. The van der Waals surface area contributed by atoms with Crippen molar-refractivity contribution in [2.45, 2.75) is 51.2 Å². The molecule has 4 nitrogen and oxygen atoms in total. The maximum atomic E-state index is 6.16. The number of benzene rings is 1. The van der Waals surface area contributed by atoms with Gasteiger partial charge in [-0.15, -0.1) is 0 Å². The highest BCUT2D eigenvalue weighted by Crippen LogP contribution is 2.31. The standard InChI is InChI=1S/C17H26N2O2/c1-13(18)15-5-2-3-8-19(15)12-14-6-7-16-17(11-14)21-10-4-9-20-16/h6-7,11,13,15H,2-5,8-10,12,18H2,1H3. The first-order valence-electron chi connectivity index (χ1n) is 8.12. The molecule has 3 rings (SSSR count). The third kappa shape index (κ3) is 3.50. The molecule has 0 amide bonds. The highest BCUT2D eigenvalue weighted by Gasteiger charge is 2.25. The molecular formula is C17H26N2O2. The van der Waals surface area contributed by atoms with Crippen molar-refractivity contribution in [3.63, 3.8) is 0 Å². The maximum Gasteiger partial charge on any atom is 0.161 e. The van der Waals surface area contributed by atoms with Crippen LogP contribution in [0.4, 0.5) is 0 Å². The van der Waals surface area contributed by atoms with E-state index in [1.165, 1.54) is 24.8 Å². The Morgan fingerprint density at radius 2 is 2.00 bits per heavy atom. The molecule has 1 saturated heterocycles. The first-order valence-corrected chi connectivity index (χ1v) is 8.12. The quantitative estimate of drug-likeness (QED) is 0.929. The summed E-state index contributed by atoms with van der Waals surface area (Å²) in [4.78, 5) is 2.52. The lowest BCUT2D eigenvalue weighted by molar-refractivity contribution is 0.123. The summed E-state index contributed by atoms with van der Waals surface area (Å²) in [5.74, 6) is 1.76. The first kappa shape index (κ1) is 14.7. The summed E-state index contributed by atoms with van der Waals surface area (Å²) in [6.45, 7) is 5.69. The molecular weight excluding hydrogens is 264 g/mol. The molecule has 0 aromatic heterocycles. The fourth-order valence-corrected chi connectivity index (χ4v) is 3.35. The highest BCUT2D eigenvalue weighted by molar-refractivity contribution is 5.43. The van der Waals surface area contributed by atoms with E-state index < -0.39 is 0 Å². The first-order chi connectivity index (χ1) is 10.2. The zero-order chi connectivity index (χ0) is 14.7. The molecule has 116 valence electrons. The van der Waals surface area contributed by atoms with Gasteiger partial charge in [0.2, 0.25) is 0 Å². The van der Waals surface area contributed by atoms with E-state index in [9.17, 15) is 0 Å². The monoisotopic (exact) mass is 290 g/mol. The number of fused-ring (bicyclic) bond motifs is 1. The largest absolute Gasteiger partial charge is 0.490 e. The summed E-state index contributed by atoms with van der Waals surface area (Å²) in [7, 11) is 0. The predicted octanol–water partition coefficient (Wildman–Crippen LogP) is 2.55. The Morgan fingerprint density at radius 3 is 2.81 bits per heavy atom. The molecule has 2 unspecified atom stereocenters. The van der Waals surface area contributed by atoms with Gasteiger partial charge in [0.25, 0.3) is 0 Å². The Kier molecular flexibility index (Phi) is 4.66. The Hall–Kier alpha value is -1.26. The fraction of sp³-hybridized carbons (Fsp3) is 0.647. The average molecular weight is 290 g/mol. The van der Waals surface area contributed by atoms with E-state index in [1.54, 1.807) is 0 Å². The molecule has 1 aromatic rings. The summed E-state index contributed by atoms with van der Waals surface area (Å²) >= 11 is 0. The molecule has 0 radical (unpaired) electrons. The smallest absolute Gasteiger partial charge is 0.161 e. The van der Waals surface area contributed by atoms with Gasteiger partial charge in [0.15, 0.2) is 11.5 Å². The molecule has 1 fully saturated rings. The molecule has 0 spiro atoms. The third-order valence-electron chi connectivity index (χ3n) is 4.47. The zero-order valence-corrected chi connectivity index (χ0v) is 12.9. The van der Waals surface area contributed by atoms with Crippen LogP contribution in [-0.4, -0.2) is 36.7 Å². The Bertz CT molecular complexity index is 476. The molecule has 0 bridgehead atoms. The van der Waals surface area contributed by atoms with Crippen LogP contribution in [0.3, 0.4) is 0 Å². The molecule has 2 atom stereocenters. The van der Waals surface area contributed by atoms with Crippen LogP contribution in [0.1, 0.15) is 38.2 Å². The van der Waals surface area contributed by atoms with Gasteiger partial charge in [-0.1, -0.05) is 12.5 Å². The summed E-state index contributed by atoms with van der Waals surface area (Å²) < 4.78 is 11.5. The van der Waals surface area contributed by atoms with Crippen molar-refractivity contribution in [2.75, 3.05) is 19.8 Å². The predicted molar refractivity (Wildman–Crippen MR) is 83.7 cm³/mol. The van der Waals surface area contributed by atoms with Gasteiger partial charge in [-0.3, -0.25) is 4.90 Å². The summed E-state index contributed by atoms with van der Waals surface area (Å²) in [5.41, 5.74) is 7.44. The maximum absolute atomic E-state index is 6.16. The molecule has 21 heavy (non-hydrogen) atoms.